The van der Waals surface area contributed by atoms with Crippen LogP contribution in [0.1, 0.15) is 25.3 Å². The molecule has 2 aromatic carbocycles. The molecule has 4 aromatic rings. The van der Waals surface area contributed by atoms with Gasteiger partial charge in [-0.05, 0) is 67.6 Å². The van der Waals surface area contributed by atoms with Gasteiger partial charge in [0.15, 0.2) is 0 Å². The van der Waals surface area contributed by atoms with E-state index >= 15 is 0 Å². The minimum Gasteiger partial charge on any atom is -0.367 e. The van der Waals surface area contributed by atoms with Crippen LogP contribution in [0.4, 0.5) is 10.1 Å². The Morgan fingerprint density at radius 3 is 2.67 bits per heavy atom. The molecule has 188 valence electrons. The average molecular weight is 509 g/mol. The van der Waals surface area contributed by atoms with Gasteiger partial charge >= 0.3 is 0 Å². The number of aryl methyl sites for hydroxylation is 2. The number of benzene rings is 2. The lowest BCUT2D eigenvalue weighted by atomic mass is 10.0. The summed E-state index contributed by atoms with van der Waals surface area (Å²) in [7, 11) is -3.58. The summed E-state index contributed by atoms with van der Waals surface area (Å²) < 4.78 is 45.2. The molecule has 0 N–H and O–H groups in total. The van der Waals surface area contributed by atoms with Crippen molar-refractivity contribution in [2.75, 3.05) is 24.5 Å². The highest BCUT2D eigenvalue weighted by Crippen LogP contribution is 2.39. The summed E-state index contributed by atoms with van der Waals surface area (Å²) in [4.78, 5) is 2.64. The smallest absolute Gasteiger partial charge is 0.246 e. The molecular formula is C26H29FN6O2S. The van der Waals surface area contributed by atoms with Crippen LogP contribution < -0.4 is 4.90 Å². The van der Waals surface area contributed by atoms with Crippen LogP contribution in [0.5, 0.6) is 0 Å². The fourth-order valence-corrected chi connectivity index (χ4v) is 7.13. The van der Waals surface area contributed by atoms with E-state index < -0.39 is 10.0 Å². The molecule has 0 amide bonds. The number of hydrogen-bond acceptors (Lipinski definition) is 5. The van der Waals surface area contributed by atoms with Crippen LogP contribution in [0.2, 0.25) is 0 Å². The minimum atomic E-state index is -3.58. The van der Waals surface area contributed by atoms with E-state index in [9.17, 15) is 12.8 Å². The lowest BCUT2D eigenvalue weighted by molar-refractivity contribution is 0.451. The van der Waals surface area contributed by atoms with Crippen molar-refractivity contribution in [1.82, 2.24) is 23.9 Å². The molecule has 10 heteroatoms. The molecule has 2 aromatic heterocycles. The van der Waals surface area contributed by atoms with E-state index in [2.05, 4.69) is 34.2 Å². The number of halogens is 1. The van der Waals surface area contributed by atoms with Crippen molar-refractivity contribution in [2.24, 2.45) is 5.92 Å². The molecule has 2 fully saturated rings. The van der Waals surface area contributed by atoms with Crippen LogP contribution in [-0.2, 0) is 16.6 Å². The maximum absolute atomic E-state index is 13.4. The van der Waals surface area contributed by atoms with E-state index in [1.807, 2.05) is 17.8 Å². The van der Waals surface area contributed by atoms with Gasteiger partial charge < -0.3 is 4.90 Å². The molecule has 0 aliphatic carbocycles. The van der Waals surface area contributed by atoms with Crippen molar-refractivity contribution in [2.45, 2.75) is 44.2 Å². The topological polar surface area (TPSA) is 76.3 Å². The van der Waals surface area contributed by atoms with E-state index in [1.165, 1.54) is 18.3 Å². The first-order valence-electron chi connectivity index (χ1n) is 12.4. The number of fused-ring (bicyclic) bond motifs is 2. The van der Waals surface area contributed by atoms with Crippen molar-refractivity contribution in [3.05, 3.63) is 66.4 Å². The zero-order valence-electron chi connectivity index (χ0n) is 20.4. The first-order valence-corrected chi connectivity index (χ1v) is 13.8. The molecule has 2 aliphatic rings. The SMILES string of the molecule is CCCn1cc(S(=O)(=O)N2CC3CCN(c4cc5cnn(-c6ccc(F)cc6)c5cc4C)C3C2)cn1. The fourth-order valence-electron chi connectivity index (χ4n) is 5.66. The molecule has 2 atom stereocenters. The Morgan fingerprint density at radius 1 is 1.08 bits per heavy atom. The molecule has 6 rings (SSSR count). The second-order valence-corrected chi connectivity index (χ2v) is 11.7. The Kier molecular flexibility index (Phi) is 5.60. The lowest BCUT2D eigenvalue weighted by Gasteiger charge is -2.28. The molecule has 36 heavy (non-hydrogen) atoms. The quantitative estimate of drug-likeness (QED) is 0.394. The molecule has 2 unspecified atom stereocenters. The maximum Gasteiger partial charge on any atom is 0.246 e. The van der Waals surface area contributed by atoms with Crippen molar-refractivity contribution in [3.63, 3.8) is 0 Å². The molecule has 0 spiro atoms. The van der Waals surface area contributed by atoms with Crippen molar-refractivity contribution < 1.29 is 12.8 Å². The number of sulfonamides is 1. The van der Waals surface area contributed by atoms with Gasteiger partial charge in [-0.15, -0.1) is 0 Å². The lowest BCUT2D eigenvalue weighted by Crippen LogP contribution is -2.37. The van der Waals surface area contributed by atoms with E-state index in [0.717, 1.165) is 47.2 Å². The maximum atomic E-state index is 13.4. The molecule has 4 heterocycles. The van der Waals surface area contributed by atoms with Crippen LogP contribution in [0, 0.1) is 18.7 Å². The molecule has 8 nitrogen and oxygen atoms in total. The van der Waals surface area contributed by atoms with Crippen molar-refractivity contribution in [1.29, 1.82) is 0 Å². The summed E-state index contributed by atoms with van der Waals surface area (Å²) >= 11 is 0. The van der Waals surface area contributed by atoms with E-state index in [1.54, 1.807) is 27.3 Å². The van der Waals surface area contributed by atoms with Crippen LogP contribution >= 0.6 is 0 Å². The standard InChI is InChI=1S/C26H29FN6O2S/c1-3-9-30-16-23(14-28-30)36(34,35)31-15-19-8-10-32(26(19)17-31)24-12-20-13-29-33(25(20)11-18(24)2)22-6-4-21(27)5-7-22/h4-7,11-14,16,19,26H,3,8-10,15,17H2,1-2H3. The van der Waals surface area contributed by atoms with Crippen LogP contribution in [0.15, 0.2) is 59.9 Å². The van der Waals surface area contributed by atoms with Gasteiger partial charge in [0.05, 0.1) is 23.6 Å². The van der Waals surface area contributed by atoms with Gasteiger partial charge in [-0.2, -0.15) is 14.5 Å². The second-order valence-electron chi connectivity index (χ2n) is 9.80. The summed E-state index contributed by atoms with van der Waals surface area (Å²) in [6.07, 6.45) is 6.79. The largest absolute Gasteiger partial charge is 0.367 e. The molecular weight excluding hydrogens is 479 g/mol. The van der Waals surface area contributed by atoms with Crippen molar-refractivity contribution in [3.8, 4) is 5.69 Å². The summed E-state index contributed by atoms with van der Waals surface area (Å²) in [5.74, 6) is 0.0159. The van der Waals surface area contributed by atoms with Crippen molar-refractivity contribution >= 4 is 26.6 Å². The highest BCUT2D eigenvalue weighted by atomic mass is 32.2. The minimum absolute atomic E-state index is 0.133. The number of aromatic nitrogens is 4. The number of nitrogens with zero attached hydrogens (tertiary/aromatic N) is 6. The summed E-state index contributed by atoms with van der Waals surface area (Å²) in [5.41, 5.74) is 3.98. The Balaban J connectivity index is 1.27. The van der Waals surface area contributed by atoms with Gasteiger partial charge in [0.1, 0.15) is 10.7 Å². The van der Waals surface area contributed by atoms with Gasteiger partial charge in [-0.1, -0.05) is 6.92 Å². The fraction of sp³-hybridized carbons (Fsp3) is 0.385. The van der Waals surface area contributed by atoms with Crippen LogP contribution in [0.25, 0.3) is 16.6 Å². The van der Waals surface area contributed by atoms with Gasteiger partial charge in [-0.25, -0.2) is 17.5 Å². The van der Waals surface area contributed by atoms with Gasteiger partial charge in [0.2, 0.25) is 10.0 Å². The van der Waals surface area contributed by atoms with E-state index in [0.29, 0.717) is 25.6 Å². The molecule has 0 radical (unpaired) electrons. The predicted molar refractivity (Wildman–Crippen MR) is 136 cm³/mol. The van der Waals surface area contributed by atoms with Crippen LogP contribution in [-0.4, -0.2) is 58.0 Å². The monoisotopic (exact) mass is 508 g/mol. The van der Waals surface area contributed by atoms with E-state index in [4.69, 9.17) is 0 Å². The Hall–Kier alpha value is -3.24. The predicted octanol–water partition coefficient (Wildman–Crippen LogP) is 3.98. The average Bonchev–Trinajstić information content (AvgIpc) is 3.63. The number of rotatable bonds is 6. The third kappa shape index (κ3) is 3.79. The third-order valence-corrected chi connectivity index (χ3v) is 9.27. The number of anilines is 1. The van der Waals surface area contributed by atoms with Gasteiger partial charge in [0.25, 0.3) is 0 Å². The summed E-state index contributed by atoms with van der Waals surface area (Å²) in [6.45, 7) is 6.73. The first kappa shape index (κ1) is 23.2. The summed E-state index contributed by atoms with van der Waals surface area (Å²) in [6, 6.07) is 10.7. The highest BCUT2D eigenvalue weighted by Gasteiger charge is 2.46. The van der Waals surface area contributed by atoms with Crippen LogP contribution in [0.3, 0.4) is 0 Å². The first-order chi connectivity index (χ1) is 17.3. The second kappa shape index (κ2) is 8.70. The third-order valence-electron chi connectivity index (χ3n) is 7.48. The molecule has 2 aliphatic heterocycles. The Labute approximate surface area is 210 Å². The molecule has 2 saturated heterocycles. The normalized spacial score (nSPS) is 20.5. The zero-order valence-corrected chi connectivity index (χ0v) is 21.2. The molecule has 0 bridgehead atoms. The van der Waals surface area contributed by atoms with Gasteiger partial charge in [0, 0.05) is 49.5 Å². The molecule has 0 saturated carbocycles. The highest BCUT2D eigenvalue weighted by molar-refractivity contribution is 7.89. The van der Waals surface area contributed by atoms with E-state index in [-0.39, 0.29) is 16.8 Å². The number of hydrogen-bond donors (Lipinski definition) is 0. The van der Waals surface area contributed by atoms with Gasteiger partial charge in [-0.3, -0.25) is 4.68 Å². The Bertz CT molecular complexity index is 1530. The summed E-state index contributed by atoms with van der Waals surface area (Å²) in [5, 5.41) is 9.76. The Morgan fingerprint density at radius 2 is 1.89 bits per heavy atom. The zero-order chi connectivity index (χ0) is 25.0.